The van der Waals surface area contributed by atoms with Gasteiger partial charge in [0.25, 0.3) is 5.91 Å². The molecular weight excluding hydrogens is 268 g/mol. The molecule has 1 aromatic carbocycles. The van der Waals surface area contributed by atoms with Crippen molar-refractivity contribution in [1.29, 1.82) is 0 Å². The van der Waals surface area contributed by atoms with Gasteiger partial charge in [-0.1, -0.05) is 12.1 Å². The number of amides is 1. The lowest BCUT2D eigenvalue weighted by Crippen LogP contribution is -2.18. The minimum atomic E-state index is -3.90. The van der Waals surface area contributed by atoms with Crippen molar-refractivity contribution in [2.24, 2.45) is 12.2 Å². The van der Waals surface area contributed by atoms with E-state index in [4.69, 9.17) is 5.14 Å². The zero-order valence-corrected chi connectivity index (χ0v) is 10.9. The Balaban J connectivity index is 2.32. The second kappa shape index (κ2) is 4.82. The molecule has 0 aliphatic heterocycles. The van der Waals surface area contributed by atoms with Crippen LogP contribution in [0, 0.1) is 0 Å². The van der Waals surface area contributed by atoms with Gasteiger partial charge in [-0.15, -0.1) is 0 Å². The minimum Gasteiger partial charge on any atom is -0.340 e. The summed E-state index contributed by atoms with van der Waals surface area (Å²) < 4.78 is 24.4. The zero-order chi connectivity index (χ0) is 14.0. The van der Waals surface area contributed by atoms with E-state index in [1.165, 1.54) is 30.7 Å². The Hall–Kier alpha value is -2.19. The lowest BCUT2D eigenvalue weighted by atomic mass is 10.3. The van der Waals surface area contributed by atoms with Crippen molar-refractivity contribution in [3.8, 4) is 0 Å². The van der Waals surface area contributed by atoms with E-state index < -0.39 is 15.9 Å². The Morgan fingerprint density at radius 1 is 1.37 bits per heavy atom. The number of carbonyl (C=O) groups is 1. The Kier molecular flexibility index (Phi) is 3.36. The molecule has 100 valence electrons. The van der Waals surface area contributed by atoms with Crippen molar-refractivity contribution in [3.63, 3.8) is 0 Å². The summed E-state index contributed by atoms with van der Waals surface area (Å²) in [6, 6.07) is 5.91. The van der Waals surface area contributed by atoms with Crippen LogP contribution in [-0.2, 0) is 17.1 Å². The van der Waals surface area contributed by atoms with Gasteiger partial charge >= 0.3 is 0 Å². The summed E-state index contributed by atoms with van der Waals surface area (Å²) in [5.74, 6) is -0.503. The van der Waals surface area contributed by atoms with E-state index in [1.807, 2.05) is 0 Å². The number of anilines is 1. The third-order valence-electron chi connectivity index (χ3n) is 2.38. The van der Waals surface area contributed by atoms with Gasteiger partial charge in [0, 0.05) is 13.2 Å². The third kappa shape index (κ3) is 2.98. The number of hydrogen-bond donors (Lipinski definition) is 2. The molecule has 2 rings (SSSR count). The Morgan fingerprint density at radius 2 is 2.05 bits per heavy atom. The second-order valence-corrected chi connectivity index (χ2v) is 5.45. The molecule has 3 N–H and O–H groups in total. The van der Waals surface area contributed by atoms with E-state index in [-0.39, 0.29) is 16.3 Å². The van der Waals surface area contributed by atoms with Gasteiger partial charge in [0.1, 0.15) is 10.6 Å². The van der Waals surface area contributed by atoms with Gasteiger partial charge in [0.05, 0.1) is 12.0 Å². The fourth-order valence-electron chi connectivity index (χ4n) is 1.53. The summed E-state index contributed by atoms with van der Waals surface area (Å²) in [6.45, 7) is 0. The smallest absolute Gasteiger partial charge is 0.275 e. The monoisotopic (exact) mass is 280 g/mol. The van der Waals surface area contributed by atoms with E-state index in [1.54, 1.807) is 17.7 Å². The number of hydrogen-bond acceptors (Lipinski definition) is 4. The van der Waals surface area contributed by atoms with Gasteiger partial charge in [-0.3, -0.25) is 4.79 Å². The van der Waals surface area contributed by atoms with E-state index in [2.05, 4.69) is 10.3 Å². The van der Waals surface area contributed by atoms with Crippen LogP contribution < -0.4 is 10.5 Å². The largest absolute Gasteiger partial charge is 0.340 e. The quantitative estimate of drug-likeness (QED) is 0.844. The van der Waals surface area contributed by atoms with Crippen LogP contribution in [0.3, 0.4) is 0 Å². The first-order valence-corrected chi connectivity index (χ1v) is 6.84. The summed E-state index contributed by atoms with van der Waals surface area (Å²) >= 11 is 0. The highest BCUT2D eigenvalue weighted by Gasteiger charge is 2.16. The second-order valence-electron chi connectivity index (χ2n) is 3.92. The van der Waals surface area contributed by atoms with Crippen LogP contribution in [-0.4, -0.2) is 23.9 Å². The maximum atomic E-state index is 11.9. The summed E-state index contributed by atoms with van der Waals surface area (Å²) in [4.78, 5) is 15.6. The van der Waals surface area contributed by atoms with Gasteiger partial charge < -0.3 is 9.88 Å². The molecule has 1 heterocycles. The summed E-state index contributed by atoms with van der Waals surface area (Å²) in [6.07, 6.45) is 3.00. The molecule has 0 saturated carbocycles. The number of nitrogens with two attached hydrogens (primary N) is 1. The molecular formula is C11H12N4O3S. The highest BCUT2D eigenvalue weighted by Crippen LogP contribution is 2.19. The van der Waals surface area contributed by atoms with Crippen LogP contribution in [0.1, 0.15) is 10.5 Å². The highest BCUT2D eigenvalue weighted by molar-refractivity contribution is 7.89. The molecule has 19 heavy (non-hydrogen) atoms. The lowest BCUT2D eigenvalue weighted by molar-refractivity contribution is 0.102. The average Bonchev–Trinajstić information content (AvgIpc) is 2.75. The van der Waals surface area contributed by atoms with Crippen LogP contribution in [0.25, 0.3) is 0 Å². The number of carbonyl (C=O) groups excluding carboxylic acids is 1. The number of rotatable bonds is 3. The van der Waals surface area contributed by atoms with Crippen LogP contribution >= 0.6 is 0 Å². The SMILES string of the molecule is Cn1cnc(C(=O)Nc2ccccc2S(N)(=O)=O)c1. The topological polar surface area (TPSA) is 107 Å². The molecule has 0 unspecified atom stereocenters. The summed E-state index contributed by atoms with van der Waals surface area (Å²) in [7, 11) is -2.17. The molecule has 8 heteroatoms. The lowest BCUT2D eigenvalue weighted by Gasteiger charge is -2.08. The van der Waals surface area contributed by atoms with Crippen LogP contribution in [0.2, 0.25) is 0 Å². The van der Waals surface area contributed by atoms with E-state index >= 15 is 0 Å². The van der Waals surface area contributed by atoms with Crippen LogP contribution in [0.5, 0.6) is 0 Å². The summed E-state index contributed by atoms with van der Waals surface area (Å²) in [5, 5.41) is 7.55. The number of imidazole rings is 1. The molecule has 0 atom stereocenters. The molecule has 2 aromatic rings. The fourth-order valence-corrected chi connectivity index (χ4v) is 2.23. The Bertz CT molecular complexity index is 721. The molecule has 0 bridgehead atoms. The van der Waals surface area contributed by atoms with Crippen molar-refractivity contribution in [1.82, 2.24) is 9.55 Å². The number of aromatic nitrogens is 2. The third-order valence-corrected chi connectivity index (χ3v) is 3.35. The molecule has 1 amide bonds. The maximum Gasteiger partial charge on any atom is 0.275 e. The molecule has 7 nitrogen and oxygen atoms in total. The van der Waals surface area contributed by atoms with Crippen molar-refractivity contribution >= 4 is 21.6 Å². The average molecular weight is 280 g/mol. The molecule has 0 fully saturated rings. The first-order valence-electron chi connectivity index (χ1n) is 5.29. The van der Waals surface area contributed by atoms with E-state index in [0.717, 1.165) is 0 Å². The molecule has 0 radical (unpaired) electrons. The first kappa shape index (κ1) is 13.2. The van der Waals surface area contributed by atoms with Crippen LogP contribution in [0.15, 0.2) is 41.7 Å². The number of nitrogens with one attached hydrogen (secondary N) is 1. The zero-order valence-electron chi connectivity index (χ0n) is 10.1. The standard InChI is InChI=1S/C11H12N4O3S/c1-15-6-9(13-7-15)11(16)14-8-4-2-3-5-10(8)19(12,17)18/h2-7H,1H3,(H,14,16)(H2,12,17,18). The predicted octanol–water partition coefficient (Wildman–Crippen LogP) is 0.320. The molecule has 0 aliphatic carbocycles. The van der Waals surface area contributed by atoms with Crippen molar-refractivity contribution < 1.29 is 13.2 Å². The molecule has 1 aromatic heterocycles. The normalized spacial score (nSPS) is 11.3. The number of nitrogens with zero attached hydrogens (tertiary/aromatic N) is 2. The number of primary sulfonamides is 1. The number of aryl methyl sites for hydroxylation is 1. The van der Waals surface area contributed by atoms with Gasteiger partial charge in [0.2, 0.25) is 10.0 Å². The number of sulfonamides is 1. The van der Waals surface area contributed by atoms with E-state index in [9.17, 15) is 13.2 Å². The minimum absolute atomic E-state index is 0.126. The van der Waals surface area contributed by atoms with Gasteiger partial charge in [-0.05, 0) is 12.1 Å². The fraction of sp³-hybridized carbons (Fsp3) is 0.0909. The predicted molar refractivity (Wildman–Crippen MR) is 69.0 cm³/mol. The Morgan fingerprint density at radius 3 is 2.63 bits per heavy atom. The molecule has 0 spiro atoms. The Labute approximate surface area is 110 Å². The van der Waals surface area contributed by atoms with Gasteiger partial charge in [-0.2, -0.15) is 0 Å². The van der Waals surface area contributed by atoms with Crippen molar-refractivity contribution in [2.45, 2.75) is 4.90 Å². The van der Waals surface area contributed by atoms with Crippen molar-refractivity contribution in [2.75, 3.05) is 5.32 Å². The number of benzene rings is 1. The first-order chi connectivity index (χ1) is 8.88. The molecule has 0 saturated heterocycles. The van der Waals surface area contributed by atoms with E-state index in [0.29, 0.717) is 0 Å². The van der Waals surface area contributed by atoms with Gasteiger partial charge in [-0.25, -0.2) is 18.5 Å². The maximum absolute atomic E-state index is 11.9. The molecule has 0 aliphatic rings. The van der Waals surface area contributed by atoms with Crippen LogP contribution in [0.4, 0.5) is 5.69 Å². The van der Waals surface area contributed by atoms with Crippen molar-refractivity contribution in [3.05, 3.63) is 42.5 Å². The number of para-hydroxylation sites is 1. The highest BCUT2D eigenvalue weighted by atomic mass is 32.2. The summed E-state index contributed by atoms with van der Waals surface area (Å²) in [5.41, 5.74) is 0.312. The van der Waals surface area contributed by atoms with Gasteiger partial charge in [0.15, 0.2) is 0 Å².